The average Bonchev–Trinajstić information content (AvgIpc) is 3.32. The van der Waals surface area contributed by atoms with Crippen LogP contribution in [0.25, 0.3) is 0 Å². The van der Waals surface area contributed by atoms with E-state index in [4.69, 9.17) is 9.15 Å². The van der Waals surface area contributed by atoms with E-state index in [9.17, 15) is 9.59 Å². The summed E-state index contributed by atoms with van der Waals surface area (Å²) in [5.41, 5.74) is 3.09. The molecular formula is C27H29N3O4. The molecule has 176 valence electrons. The number of rotatable bonds is 6. The minimum Gasteiger partial charge on any atom is -0.482 e. The van der Waals surface area contributed by atoms with Gasteiger partial charge in [-0.15, -0.1) is 0 Å². The molecule has 2 aliphatic rings. The van der Waals surface area contributed by atoms with Crippen LogP contribution in [0.4, 0.5) is 5.69 Å². The number of aryl methyl sites for hydroxylation is 1. The lowest BCUT2D eigenvalue weighted by atomic mass is 10.0. The number of likely N-dealkylation sites (tertiary alicyclic amines) is 1. The zero-order valence-electron chi connectivity index (χ0n) is 19.3. The van der Waals surface area contributed by atoms with E-state index >= 15 is 0 Å². The number of ether oxygens (including phenoxy) is 1. The number of benzene rings is 2. The molecule has 2 aliphatic heterocycles. The topological polar surface area (TPSA) is 75.0 Å². The number of anilines is 1. The zero-order valence-corrected chi connectivity index (χ0v) is 19.3. The third-order valence-corrected chi connectivity index (χ3v) is 6.43. The molecule has 3 aromatic rings. The molecule has 1 N–H and O–H groups in total. The van der Waals surface area contributed by atoms with Crippen molar-refractivity contribution in [3.05, 3.63) is 83.3 Å². The molecule has 0 unspecified atom stereocenters. The van der Waals surface area contributed by atoms with Gasteiger partial charge in [-0.05, 0) is 55.2 Å². The molecule has 1 saturated heterocycles. The van der Waals surface area contributed by atoms with Crippen LogP contribution >= 0.6 is 0 Å². The lowest BCUT2D eigenvalue weighted by Crippen LogP contribution is -2.44. The van der Waals surface area contributed by atoms with Crippen molar-refractivity contribution >= 4 is 17.5 Å². The number of hydrogen-bond acceptors (Lipinski definition) is 5. The number of carbonyl (C=O) groups is 2. The number of carbonyl (C=O) groups excluding carboxylic acids is 2. The van der Waals surface area contributed by atoms with Gasteiger partial charge in [0.15, 0.2) is 12.4 Å². The van der Waals surface area contributed by atoms with Crippen molar-refractivity contribution in [2.75, 3.05) is 24.6 Å². The number of piperidine rings is 1. The van der Waals surface area contributed by atoms with Gasteiger partial charge >= 0.3 is 0 Å². The van der Waals surface area contributed by atoms with Gasteiger partial charge in [-0.1, -0.05) is 36.4 Å². The molecule has 7 heteroatoms. The Hall–Kier alpha value is -3.58. The van der Waals surface area contributed by atoms with E-state index in [0.717, 1.165) is 38.0 Å². The highest BCUT2D eigenvalue weighted by molar-refractivity contribution is 5.97. The van der Waals surface area contributed by atoms with E-state index in [1.807, 2.05) is 31.2 Å². The van der Waals surface area contributed by atoms with Gasteiger partial charge in [0.25, 0.3) is 11.8 Å². The van der Waals surface area contributed by atoms with Crippen LogP contribution in [0.3, 0.4) is 0 Å². The van der Waals surface area contributed by atoms with E-state index in [-0.39, 0.29) is 36.8 Å². The number of amides is 2. The van der Waals surface area contributed by atoms with E-state index in [1.165, 1.54) is 5.56 Å². The number of fused-ring (bicyclic) bond motifs is 1. The van der Waals surface area contributed by atoms with E-state index in [2.05, 4.69) is 34.5 Å². The largest absolute Gasteiger partial charge is 0.482 e. The molecule has 0 bridgehead atoms. The fourth-order valence-corrected chi connectivity index (χ4v) is 4.56. The van der Waals surface area contributed by atoms with Crippen LogP contribution in [0.2, 0.25) is 0 Å². The summed E-state index contributed by atoms with van der Waals surface area (Å²) < 4.78 is 11.4. The molecule has 5 rings (SSSR count). The third-order valence-electron chi connectivity index (χ3n) is 6.43. The van der Waals surface area contributed by atoms with Gasteiger partial charge < -0.3 is 14.5 Å². The molecule has 2 aromatic carbocycles. The Morgan fingerprint density at radius 3 is 2.62 bits per heavy atom. The molecular weight excluding hydrogens is 430 g/mol. The Morgan fingerprint density at radius 2 is 1.82 bits per heavy atom. The first-order valence-electron chi connectivity index (χ1n) is 11.7. The zero-order chi connectivity index (χ0) is 23.5. The van der Waals surface area contributed by atoms with Gasteiger partial charge in [-0.25, -0.2) is 0 Å². The summed E-state index contributed by atoms with van der Waals surface area (Å²) in [6, 6.07) is 19.8. The first-order chi connectivity index (χ1) is 16.5. The fourth-order valence-electron chi connectivity index (χ4n) is 4.56. The average molecular weight is 460 g/mol. The fraction of sp³-hybridized carbons (Fsp3) is 0.333. The molecule has 34 heavy (non-hydrogen) atoms. The number of nitrogens with one attached hydrogen (secondary N) is 1. The van der Waals surface area contributed by atoms with Gasteiger partial charge in [0.1, 0.15) is 11.5 Å². The normalized spacial score (nSPS) is 16.7. The van der Waals surface area contributed by atoms with Crippen LogP contribution in [0, 0.1) is 6.92 Å². The summed E-state index contributed by atoms with van der Waals surface area (Å²) in [7, 11) is 0. The first-order valence-corrected chi connectivity index (χ1v) is 11.7. The summed E-state index contributed by atoms with van der Waals surface area (Å²) in [5.74, 6) is 1.16. The predicted molar refractivity (Wildman–Crippen MR) is 129 cm³/mol. The van der Waals surface area contributed by atoms with Crippen LogP contribution < -0.4 is 15.0 Å². The monoisotopic (exact) mass is 459 g/mol. The van der Waals surface area contributed by atoms with Crippen molar-refractivity contribution in [1.29, 1.82) is 0 Å². The molecule has 1 fully saturated rings. The smallest absolute Gasteiger partial charge is 0.287 e. The molecule has 0 aliphatic carbocycles. The highest BCUT2D eigenvalue weighted by Crippen LogP contribution is 2.34. The van der Waals surface area contributed by atoms with Gasteiger partial charge in [0, 0.05) is 25.7 Å². The van der Waals surface area contributed by atoms with E-state index in [1.54, 1.807) is 17.0 Å². The molecule has 0 spiro atoms. The standard InChI is InChI=1S/C27H29N3O4/c1-19-7-9-23-25(15-19)33-18-26(31)30(23)17-22-8-10-24(34-22)27(32)28-21-11-13-29(14-12-21)16-20-5-3-2-4-6-20/h2-10,15,21H,11-14,16-18H2,1H3,(H,28,32). The maximum absolute atomic E-state index is 12.8. The number of nitrogens with zero attached hydrogens (tertiary/aromatic N) is 2. The molecule has 2 amide bonds. The Kier molecular flexibility index (Phi) is 6.36. The van der Waals surface area contributed by atoms with Crippen molar-refractivity contribution < 1.29 is 18.7 Å². The van der Waals surface area contributed by atoms with Crippen molar-refractivity contribution in [2.45, 2.75) is 38.9 Å². The molecule has 3 heterocycles. The van der Waals surface area contributed by atoms with Crippen LogP contribution in [0.1, 0.15) is 40.3 Å². The lowest BCUT2D eigenvalue weighted by Gasteiger charge is -2.32. The summed E-state index contributed by atoms with van der Waals surface area (Å²) >= 11 is 0. The highest BCUT2D eigenvalue weighted by Gasteiger charge is 2.27. The number of hydrogen-bond donors (Lipinski definition) is 1. The Bertz CT molecular complexity index is 1170. The highest BCUT2D eigenvalue weighted by atomic mass is 16.5. The minimum atomic E-state index is -0.211. The summed E-state index contributed by atoms with van der Waals surface area (Å²) in [6.07, 6.45) is 1.81. The Morgan fingerprint density at radius 1 is 1.03 bits per heavy atom. The Balaban J connectivity index is 1.16. The maximum atomic E-state index is 12.8. The molecule has 7 nitrogen and oxygen atoms in total. The van der Waals surface area contributed by atoms with Crippen LogP contribution in [-0.2, 0) is 17.9 Å². The molecule has 0 saturated carbocycles. The molecule has 0 radical (unpaired) electrons. The maximum Gasteiger partial charge on any atom is 0.287 e. The third kappa shape index (κ3) is 4.99. The van der Waals surface area contributed by atoms with Crippen LogP contribution in [-0.4, -0.2) is 42.5 Å². The second-order valence-corrected chi connectivity index (χ2v) is 9.02. The van der Waals surface area contributed by atoms with E-state index in [0.29, 0.717) is 17.2 Å². The summed E-state index contributed by atoms with van der Waals surface area (Å²) in [4.78, 5) is 29.3. The molecule has 0 atom stereocenters. The Labute approximate surface area is 199 Å². The number of furan rings is 1. The first kappa shape index (κ1) is 22.2. The van der Waals surface area contributed by atoms with Crippen molar-refractivity contribution in [1.82, 2.24) is 10.2 Å². The SMILES string of the molecule is Cc1ccc2c(c1)OCC(=O)N2Cc1ccc(C(=O)NC2CCN(Cc3ccccc3)CC2)o1. The van der Waals surface area contributed by atoms with Gasteiger partial charge in [0.2, 0.25) is 0 Å². The quantitative estimate of drug-likeness (QED) is 0.605. The van der Waals surface area contributed by atoms with Crippen LogP contribution in [0.5, 0.6) is 5.75 Å². The van der Waals surface area contributed by atoms with Crippen molar-refractivity contribution in [2.24, 2.45) is 0 Å². The van der Waals surface area contributed by atoms with Gasteiger partial charge in [0.05, 0.1) is 12.2 Å². The van der Waals surface area contributed by atoms with E-state index < -0.39 is 0 Å². The van der Waals surface area contributed by atoms with Gasteiger partial charge in [-0.2, -0.15) is 0 Å². The summed E-state index contributed by atoms with van der Waals surface area (Å²) in [5, 5.41) is 3.11. The van der Waals surface area contributed by atoms with Gasteiger partial charge in [-0.3, -0.25) is 19.4 Å². The minimum absolute atomic E-state index is 0.00647. The predicted octanol–water partition coefficient (Wildman–Crippen LogP) is 3.91. The second kappa shape index (κ2) is 9.73. The van der Waals surface area contributed by atoms with Crippen molar-refractivity contribution in [3.63, 3.8) is 0 Å². The van der Waals surface area contributed by atoms with Crippen molar-refractivity contribution in [3.8, 4) is 5.75 Å². The molecule has 1 aromatic heterocycles. The summed E-state index contributed by atoms with van der Waals surface area (Å²) in [6.45, 7) is 5.06. The lowest BCUT2D eigenvalue weighted by molar-refractivity contribution is -0.121. The second-order valence-electron chi connectivity index (χ2n) is 9.02. The van der Waals surface area contributed by atoms with Crippen LogP contribution in [0.15, 0.2) is 65.1 Å².